The van der Waals surface area contributed by atoms with Crippen LogP contribution < -0.4 is 5.32 Å². The molecule has 0 fully saturated rings. The average Bonchev–Trinajstić information content (AvgIpc) is 2.66. The van der Waals surface area contributed by atoms with Crippen LogP contribution in [0.5, 0.6) is 0 Å². The first-order chi connectivity index (χ1) is 12.6. The Morgan fingerprint density at radius 1 is 1.15 bits per heavy atom. The van der Waals surface area contributed by atoms with E-state index in [0.717, 1.165) is 5.69 Å². The minimum Gasteiger partial charge on any atom is -0.356 e. The number of pyridine rings is 1. The highest BCUT2D eigenvalue weighted by molar-refractivity contribution is 5.92. The fourth-order valence-electron chi connectivity index (χ4n) is 2.49. The van der Waals surface area contributed by atoms with Gasteiger partial charge in [0.15, 0.2) is 0 Å². The zero-order valence-corrected chi connectivity index (χ0v) is 15.3. The number of carbonyl (C=O) groups excluding carboxylic acids is 2. The summed E-state index contributed by atoms with van der Waals surface area (Å²) in [6.07, 6.45) is 7.13. The molecule has 2 heterocycles. The van der Waals surface area contributed by atoms with E-state index in [1.54, 1.807) is 11.1 Å². The number of hydrogen-bond donors (Lipinski definition) is 1. The van der Waals surface area contributed by atoms with Crippen molar-refractivity contribution in [2.75, 3.05) is 19.6 Å². The number of nitrogens with zero attached hydrogens (tertiary/aromatic N) is 4. The molecule has 7 heteroatoms. The molecule has 26 heavy (non-hydrogen) atoms. The lowest BCUT2D eigenvalue weighted by Crippen LogP contribution is -2.38. The second-order valence-electron chi connectivity index (χ2n) is 6.41. The van der Waals surface area contributed by atoms with E-state index in [1.807, 2.05) is 32.0 Å². The Morgan fingerprint density at radius 2 is 2.00 bits per heavy atom. The monoisotopic (exact) mass is 355 g/mol. The molecule has 0 bridgehead atoms. The molecule has 0 radical (unpaired) electrons. The summed E-state index contributed by atoms with van der Waals surface area (Å²) >= 11 is 0. The van der Waals surface area contributed by atoms with Crippen LogP contribution in [0.2, 0.25) is 0 Å². The van der Waals surface area contributed by atoms with Crippen molar-refractivity contribution >= 4 is 11.8 Å². The van der Waals surface area contributed by atoms with Crippen LogP contribution in [0.3, 0.4) is 0 Å². The number of carbonyl (C=O) groups is 2. The van der Waals surface area contributed by atoms with Crippen molar-refractivity contribution in [1.82, 2.24) is 25.2 Å². The maximum Gasteiger partial charge on any atom is 0.274 e. The maximum atomic E-state index is 12.6. The first-order valence-electron chi connectivity index (χ1n) is 8.78. The quantitative estimate of drug-likeness (QED) is 0.740. The number of aromatic nitrogens is 3. The van der Waals surface area contributed by atoms with E-state index < -0.39 is 0 Å². The van der Waals surface area contributed by atoms with E-state index in [4.69, 9.17) is 0 Å². The molecule has 1 N–H and O–H groups in total. The van der Waals surface area contributed by atoms with Gasteiger partial charge in [-0.1, -0.05) is 19.9 Å². The minimum absolute atomic E-state index is 0.0818. The summed E-state index contributed by atoms with van der Waals surface area (Å²) in [4.78, 5) is 38.5. The molecule has 0 aromatic carbocycles. The van der Waals surface area contributed by atoms with E-state index >= 15 is 0 Å². The van der Waals surface area contributed by atoms with Gasteiger partial charge in [-0.25, -0.2) is 4.98 Å². The Kier molecular flexibility index (Phi) is 7.67. The van der Waals surface area contributed by atoms with Gasteiger partial charge in [0.2, 0.25) is 5.91 Å². The van der Waals surface area contributed by atoms with E-state index in [2.05, 4.69) is 20.3 Å². The van der Waals surface area contributed by atoms with Gasteiger partial charge < -0.3 is 10.2 Å². The highest BCUT2D eigenvalue weighted by atomic mass is 16.2. The molecule has 7 nitrogen and oxygen atoms in total. The molecule has 0 unspecified atom stereocenters. The molecule has 138 valence electrons. The third-order valence-corrected chi connectivity index (χ3v) is 3.69. The van der Waals surface area contributed by atoms with Crippen LogP contribution >= 0.6 is 0 Å². The van der Waals surface area contributed by atoms with E-state index in [-0.39, 0.29) is 18.2 Å². The van der Waals surface area contributed by atoms with Gasteiger partial charge >= 0.3 is 0 Å². The molecule has 2 rings (SSSR count). The van der Waals surface area contributed by atoms with Gasteiger partial charge in [-0.05, 0) is 18.1 Å². The van der Waals surface area contributed by atoms with E-state index in [1.165, 1.54) is 18.6 Å². The van der Waals surface area contributed by atoms with Crippen molar-refractivity contribution in [2.45, 2.75) is 26.7 Å². The van der Waals surface area contributed by atoms with Gasteiger partial charge in [0.05, 0.1) is 6.20 Å². The van der Waals surface area contributed by atoms with Crippen LogP contribution in [0.1, 0.15) is 36.5 Å². The predicted octanol–water partition coefficient (Wildman–Crippen LogP) is 1.72. The van der Waals surface area contributed by atoms with Crippen molar-refractivity contribution < 1.29 is 9.59 Å². The summed E-state index contributed by atoms with van der Waals surface area (Å²) in [6.45, 7) is 5.51. The number of rotatable bonds is 9. The Balaban J connectivity index is 1.82. The van der Waals surface area contributed by atoms with Gasteiger partial charge in [-0.2, -0.15) is 0 Å². The molecule has 0 aliphatic heterocycles. The highest BCUT2D eigenvalue weighted by Gasteiger charge is 2.19. The molecule has 2 aromatic heterocycles. The van der Waals surface area contributed by atoms with Gasteiger partial charge in [0, 0.05) is 56.8 Å². The van der Waals surface area contributed by atoms with Crippen LogP contribution in [0, 0.1) is 5.92 Å². The molecule has 2 amide bonds. The highest BCUT2D eigenvalue weighted by Crippen LogP contribution is 2.06. The molecular formula is C19H25N5O2. The normalized spacial score (nSPS) is 10.6. The molecular weight excluding hydrogens is 330 g/mol. The molecule has 0 saturated carbocycles. The fourth-order valence-corrected chi connectivity index (χ4v) is 2.49. The minimum atomic E-state index is -0.201. The van der Waals surface area contributed by atoms with Crippen molar-refractivity contribution in [3.63, 3.8) is 0 Å². The first-order valence-corrected chi connectivity index (χ1v) is 8.78. The van der Waals surface area contributed by atoms with Crippen molar-refractivity contribution in [1.29, 1.82) is 0 Å². The largest absolute Gasteiger partial charge is 0.356 e. The molecule has 0 aliphatic rings. The number of amides is 2. The molecule has 0 atom stereocenters. The van der Waals surface area contributed by atoms with E-state index in [0.29, 0.717) is 37.7 Å². The van der Waals surface area contributed by atoms with Gasteiger partial charge in [0.1, 0.15) is 5.69 Å². The fraction of sp³-hybridized carbons (Fsp3) is 0.421. The second-order valence-corrected chi connectivity index (χ2v) is 6.41. The Bertz CT molecular complexity index is 692. The Labute approximate surface area is 153 Å². The summed E-state index contributed by atoms with van der Waals surface area (Å²) in [6, 6.07) is 5.71. The summed E-state index contributed by atoms with van der Waals surface area (Å²) in [5.41, 5.74) is 1.23. The zero-order chi connectivity index (χ0) is 18.8. The zero-order valence-electron chi connectivity index (χ0n) is 15.3. The number of nitrogens with one attached hydrogen (secondary N) is 1. The number of hydrogen-bond acceptors (Lipinski definition) is 5. The summed E-state index contributed by atoms with van der Waals surface area (Å²) < 4.78 is 0. The molecule has 0 saturated heterocycles. The van der Waals surface area contributed by atoms with Gasteiger partial charge in [0.25, 0.3) is 5.91 Å². The summed E-state index contributed by atoms with van der Waals surface area (Å²) in [7, 11) is 0. The lowest BCUT2D eigenvalue weighted by molar-refractivity contribution is -0.121. The van der Waals surface area contributed by atoms with Crippen LogP contribution in [0.4, 0.5) is 0 Å². The van der Waals surface area contributed by atoms with Crippen molar-refractivity contribution in [3.8, 4) is 0 Å². The SMILES string of the molecule is CC(C)CN(CCC(=O)NCCc1ccccn1)C(=O)c1cnccn1. The summed E-state index contributed by atoms with van der Waals surface area (Å²) in [5, 5.41) is 2.87. The smallest absolute Gasteiger partial charge is 0.274 e. The predicted molar refractivity (Wildman–Crippen MR) is 98.3 cm³/mol. The Hall–Kier alpha value is -2.83. The van der Waals surface area contributed by atoms with Crippen LogP contribution in [-0.2, 0) is 11.2 Å². The third kappa shape index (κ3) is 6.58. The van der Waals surface area contributed by atoms with Crippen LogP contribution in [0.15, 0.2) is 43.0 Å². The van der Waals surface area contributed by atoms with E-state index in [9.17, 15) is 9.59 Å². The lowest BCUT2D eigenvalue weighted by Gasteiger charge is -2.24. The first kappa shape index (κ1) is 19.5. The Morgan fingerprint density at radius 3 is 2.65 bits per heavy atom. The van der Waals surface area contributed by atoms with Crippen LogP contribution in [0.25, 0.3) is 0 Å². The van der Waals surface area contributed by atoms with Crippen molar-refractivity contribution in [3.05, 3.63) is 54.4 Å². The second kappa shape index (κ2) is 10.2. The standard InChI is InChI=1S/C19H25N5O2/c1-15(2)14-24(19(26)17-13-20-10-11-22-17)12-7-18(25)23-9-6-16-5-3-4-8-21-16/h3-5,8,10-11,13,15H,6-7,9,12,14H2,1-2H3,(H,23,25). The molecule has 2 aromatic rings. The topological polar surface area (TPSA) is 88.1 Å². The van der Waals surface area contributed by atoms with Crippen LogP contribution in [-0.4, -0.2) is 51.3 Å². The lowest BCUT2D eigenvalue weighted by atomic mass is 10.2. The third-order valence-electron chi connectivity index (χ3n) is 3.69. The molecule has 0 aliphatic carbocycles. The van der Waals surface area contributed by atoms with Gasteiger partial charge in [-0.15, -0.1) is 0 Å². The summed E-state index contributed by atoms with van der Waals surface area (Å²) in [5.74, 6) is 0.0116. The average molecular weight is 355 g/mol. The van der Waals surface area contributed by atoms with Gasteiger partial charge in [-0.3, -0.25) is 19.6 Å². The maximum absolute atomic E-state index is 12.6. The molecule has 0 spiro atoms. The van der Waals surface area contributed by atoms with Crippen molar-refractivity contribution in [2.24, 2.45) is 5.92 Å².